The standard InChI is InChI=1S/C19H28O3S/c1-4-6-8-10-19(15-17(20)9-7-5-2)23(21,22)18-13-11-16(3)12-14-18/h8,10-15,17,20H,4-7,9H2,1-3H3/b10-8+,19-15+/t17-/m1/s1. The van der Waals surface area contributed by atoms with E-state index in [9.17, 15) is 13.5 Å². The molecule has 1 aromatic rings. The van der Waals surface area contributed by atoms with Gasteiger partial charge in [0.1, 0.15) is 0 Å². The molecule has 0 spiro atoms. The first-order chi connectivity index (χ1) is 10.9. The Balaban J connectivity index is 3.16. The van der Waals surface area contributed by atoms with E-state index in [0.717, 1.165) is 31.2 Å². The van der Waals surface area contributed by atoms with Gasteiger partial charge in [0.05, 0.1) is 15.9 Å². The quantitative estimate of drug-likeness (QED) is 0.673. The van der Waals surface area contributed by atoms with Crippen molar-refractivity contribution in [2.24, 2.45) is 0 Å². The minimum absolute atomic E-state index is 0.179. The number of aliphatic hydroxyl groups excluding tert-OH is 1. The summed E-state index contributed by atoms with van der Waals surface area (Å²) in [5.41, 5.74) is 1.01. The van der Waals surface area contributed by atoms with E-state index >= 15 is 0 Å². The van der Waals surface area contributed by atoms with Crippen molar-refractivity contribution in [1.82, 2.24) is 0 Å². The molecule has 128 valence electrons. The Kier molecular flexibility index (Phi) is 8.28. The van der Waals surface area contributed by atoms with Crippen molar-refractivity contribution in [2.45, 2.75) is 63.9 Å². The molecule has 4 heteroatoms. The first-order valence-electron chi connectivity index (χ1n) is 8.30. The molecule has 0 amide bonds. The molecule has 0 saturated carbocycles. The predicted molar refractivity (Wildman–Crippen MR) is 96.0 cm³/mol. The van der Waals surface area contributed by atoms with Gasteiger partial charge in [-0.1, -0.05) is 56.9 Å². The maximum absolute atomic E-state index is 12.8. The molecule has 0 aromatic heterocycles. The fourth-order valence-electron chi connectivity index (χ4n) is 2.14. The molecule has 0 aliphatic heterocycles. The van der Waals surface area contributed by atoms with Gasteiger partial charge in [0.2, 0.25) is 9.84 Å². The summed E-state index contributed by atoms with van der Waals surface area (Å²) < 4.78 is 25.6. The number of hydrogen-bond acceptors (Lipinski definition) is 3. The van der Waals surface area contributed by atoms with Gasteiger partial charge in [-0.25, -0.2) is 8.42 Å². The van der Waals surface area contributed by atoms with E-state index in [1.165, 1.54) is 6.08 Å². The van der Waals surface area contributed by atoms with Crippen LogP contribution >= 0.6 is 0 Å². The molecule has 0 unspecified atom stereocenters. The molecule has 1 rings (SSSR count). The second kappa shape index (κ2) is 9.68. The van der Waals surface area contributed by atoms with E-state index in [1.54, 1.807) is 30.3 Å². The van der Waals surface area contributed by atoms with E-state index in [-0.39, 0.29) is 9.80 Å². The summed E-state index contributed by atoms with van der Waals surface area (Å²) in [6.45, 7) is 6.00. The predicted octanol–water partition coefficient (Wildman–Crippen LogP) is 4.56. The van der Waals surface area contributed by atoms with Crippen LogP contribution in [-0.4, -0.2) is 19.6 Å². The Bertz CT molecular complexity index is 625. The summed E-state index contributed by atoms with van der Waals surface area (Å²) in [6, 6.07) is 6.80. The topological polar surface area (TPSA) is 54.4 Å². The fraction of sp³-hybridized carbons (Fsp3) is 0.474. The molecule has 1 atom stereocenters. The van der Waals surface area contributed by atoms with Crippen molar-refractivity contribution in [2.75, 3.05) is 0 Å². The van der Waals surface area contributed by atoms with Gasteiger partial charge in [0.15, 0.2) is 0 Å². The van der Waals surface area contributed by atoms with Gasteiger partial charge >= 0.3 is 0 Å². The highest BCUT2D eigenvalue weighted by Crippen LogP contribution is 2.22. The summed E-state index contributed by atoms with van der Waals surface area (Å²) >= 11 is 0. The Morgan fingerprint density at radius 2 is 1.83 bits per heavy atom. The average Bonchev–Trinajstić information content (AvgIpc) is 2.52. The number of unbranched alkanes of at least 4 members (excludes halogenated alkanes) is 2. The first-order valence-corrected chi connectivity index (χ1v) is 9.78. The molecular formula is C19H28O3S. The van der Waals surface area contributed by atoms with E-state index < -0.39 is 15.9 Å². The molecule has 0 fully saturated rings. The SMILES string of the molecule is CCC/C=C/C(=C\[C@H](O)CCCC)S(=O)(=O)c1ccc(C)cc1. The lowest BCUT2D eigenvalue weighted by Crippen LogP contribution is -2.09. The smallest absolute Gasteiger partial charge is 0.206 e. The fourth-order valence-corrected chi connectivity index (χ4v) is 3.52. The second-order valence-corrected chi connectivity index (χ2v) is 7.74. The van der Waals surface area contributed by atoms with E-state index in [0.29, 0.717) is 6.42 Å². The van der Waals surface area contributed by atoms with Crippen molar-refractivity contribution >= 4 is 9.84 Å². The van der Waals surface area contributed by atoms with Gasteiger partial charge in [-0.2, -0.15) is 0 Å². The summed E-state index contributed by atoms with van der Waals surface area (Å²) in [6.07, 6.45) is 8.38. The van der Waals surface area contributed by atoms with Crippen LogP contribution in [0.5, 0.6) is 0 Å². The molecule has 1 N–H and O–H groups in total. The number of aryl methyl sites for hydroxylation is 1. The lowest BCUT2D eigenvalue weighted by molar-refractivity contribution is 0.209. The van der Waals surface area contributed by atoms with Crippen molar-refractivity contribution in [3.8, 4) is 0 Å². The van der Waals surface area contributed by atoms with Crippen LogP contribution < -0.4 is 0 Å². The van der Waals surface area contributed by atoms with Crippen molar-refractivity contribution < 1.29 is 13.5 Å². The number of aliphatic hydroxyl groups is 1. The Hall–Kier alpha value is -1.39. The van der Waals surface area contributed by atoms with Gasteiger partial charge in [-0.05, 0) is 44.1 Å². The van der Waals surface area contributed by atoms with Crippen molar-refractivity contribution in [3.63, 3.8) is 0 Å². The van der Waals surface area contributed by atoms with Crippen LogP contribution in [0.1, 0.15) is 51.5 Å². The minimum atomic E-state index is -3.60. The number of allylic oxidation sites excluding steroid dienone is 2. The third kappa shape index (κ3) is 6.32. The zero-order valence-corrected chi connectivity index (χ0v) is 15.1. The lowest BCUT2D eigenvalue weighted by Gasteiger charge is -2.10. The molecule has 1 aromatic carbocycles. The molecule has 3 nitrogen and oxygen atoms in total. The van der Waals surface area contributed by atoms with Crippen molar-refractivity contribution in [1.29, 1.82) is 0 Å². The van der Waals surface area contributed by atoms with Crippen LogP contribution in [0.4, 0.5) is 0 Å². The number of rotatable bonds is 9. The molecule has 0 bridgehead atoms. The van der Waals surface area contributed by atoms with Gasteiger partial charge < -0.3 is 5.11 Å². The molecule has 0 radical (unpaired) electrons. The third-order valence-corrected chi connectivity index (χ3v) is 5.37. The van der Waals surface area contributed by atoms with Gasteiger partial charge in [0, 0.05) is 0 Å². The zero-order chi connectivity index (χ0) is 17.3. The minimum Gasteiger partial charge on any atom is -0.389 e. The number of benzene rings is 1. The molecule has 0 aliphatic rings. The Labute approximate surface area is 140 Å². The Morgan fingerprint density at radius 3 is 2.39 bits per heavy atom. The van der Waals surface area contributed by atoms with Crippen LogP contribution in [0.2, 0.25) is 0 Å². The summed E-state index contributed by atoms with van der Waals surface area (Å²) in [4.78, 5) is 0.441. The van der Waals surface area contributed by atoms with Gasteiger partial charge in [0.25, 0.3) is 0 Å². The summed E-state index contributed by atoms with van der Waals surface area (Å²) in [5, 5.41) is 10.1. The van der Waals surface area contributed by atoms with Gasteiger partial charge in [-0.15, -0.1) is 0 Å². The Morgan fingerprint density at radius 1 is 1.17 bits per heavy atom. The second-order valence-electron chi connectivity index (χ2n) is 5.79. The number of sulfone groups is 1. The highest BCUT2D eigenvalue weighted by atomic mass is 32.2. The van der Waals surface area contributed by atoms with E-state index in [4.69, 9.17) is 0 Å². The third-order valence-electron chi connectivity index (χ3n) is 3.59. The number of hydrogen-bond donors (Lipinski definition) is 1. The molecule has 23 heavy (non-hydrogen) atoms. The average molecular weight is 336 g/mol. The van der Waals surface area contributed by atoms with Gasteiger partial charge in [-0.3, -0.25) is 0 Å². The molecule has 0 heterocycles. The highest BCUT2D eigenvalue weighted by Gasteiger charge is 2.19. The van der Waals surface area contributed by atoms with Crippen LogP contribution in [0.25, 0.3) is 0 Å². The lowest BCUT2D eigenvalue weighted by atomic mass is 10.1. The summed E-state index contributed by atoms with van der Waals surface area (Å²) in [7, 11) is -3.60. The molecular weight excluding hydrogens is 308 g/mol. The van der Waals surface area contributed by atoms with Crippen LogP contribution in [-0.2, 0) is 9.84 Å². The van der Waals surface area contributed by atoms with Crippen molar-refractivity contribution in [3.05, 3.63) is 53.0 Å². The normalized spacial score (nSPS) is 14.3. The van der Waals surface area contributed by atoms with Crippen LogP contribution in [0.3, 0.4) is 0 Å². The maximum atomic E-state index is 12.8. The first kappa shape index (κ1) is 19.7. The zero-order valence-electron chi connectivity index (χ0n) is 14.3. The molecule has 0 aliphatic carbocycles. The summed E-state index contributed by atoms with van der Waals surface area (Å²) in [5.74, 6) is 0. The van der Waals surface area contributed by atoms with Crippen LogP contribution in [0.15, 0.2) is 52.3 Å². The van der Waals surface area contributed by atoms with E-state index in [1.807, 2.05) is 26.8 Å². The molecule has 0 saturated heterocycles. The monoisotopic (exact) mass is 336 g/mol. The highest BCUT2D eigenvalue weighted by molar-refractivity contribution is 7.95. The maximum Gasteiger partial charge on any atom is 0.206 e. The van der Waals surface area contributed by atoms with Crippen LogP contribution in [0, 0.1) is 6.92 Å². The largest absolute Gasteiger partial charge is 0.389 e. The van der Waals surface area contributed by atoms with E-state index in [2.05, 4.69) is 0 Å².